The van der Waals surface area contributed by atoms with Crippen LogP contribution < -0.4 is 10.9 Å². The van der Waals surface area contributed by atoms with E-state index < -0.39 is 15.9 Å². The van der Waals surface area contributed by atoms with E-state index >= 15 is 0 Å². The number of rotatable bonds is 11. The minimum atomic E-state index is -3.55. The predicted molar refractivity (Wildman–Crippen MR) is 143 cm³/mol. The first kappa shape index (κ1) is 28.5. The van der Waals surface area contributed by atoms with Crippen LogP contribution in [0.4, 0.5) is 0 Å². The molecule has 0 saturated carbocycles. The van der Waals surface area contributed by atoms with Gasteiger partial charge in [0.25, 0.3) is 15.9 Å². The normalized spacial score (nSPS) is 13.3. The molecular formula is C28H39N3O3S. The van der Waals surface area contributed by atoms with E-state index in [-0.39, 0.29) is 16.6 Å². The van der Waals surface area contributed by atoms with Gasteiger partial charge in [-0.2, -0.15) is 0 Å². The van der Waals surface area contributed by atoms with Crippen LogP contribution in [-0.4, -0.2) is 19.3 Å². The van der Waals surface area contributed by atoms with Crippen molar-refractivity contribution in [2.45, 2.75) is 82.4 Å². The number of amides is 1. The molecule has 7 heteroatoms. The third-order valence-corrected chi connectivity index (χ3v) is 7.56. The van der Waals surface area contributed by atoms with Gasteiger partial charge in [-0.15, -0.1) is 0 Å². The number of pyridine rings is 1. The van der Waals surface area contributed by atoms with Crippen LogP contribution in [0.25, 0.3) is 10.8 Å². The van der Waals surface area contributed by atoms with E-state index in [1.807, 2.05) is 10.9 Å². The number of hydrogen-bond donors (Lipinski definition) is 2. The van der Waals surface area contributed by atoms with E-state index in [4.69, 9.17) is 0 Å². The standard InChI is InChI=1S/C21H31N.C7H5NO3S.H3N/c1-2-3-4-5-6-7-8-9-10-11-16-21-20-15-13-12-14-19(20)17-18-22-21;9-7-5-3-1-2-4-6(5)12(10,11)8-7;/h12-15,17-18H,2-11,16H2,1H3;1-4H,(H,8,9);1H3. The monoisotopic (exact) mass is 497 g/mol. The quantitative estimate of drug-likeness (QED) is 0.278. The Kier molecular flexibility index (Phi) is 11.9. The van der Waals surface area contributed by atoms with Crippen molar-refractivity contribution in [3.05, 3.63) is 72.1 Å². The summed E-state index contributed by atoms with van der Waals surface area (Å²) in [5, 5.41) is 2.65. The first-order valence-electron chi connectivity index (χ1n) is 12.5. The molecule has 1 aromatic heterocycles. The number of benzene rings is 2. The average molecular weight is 498 g/mol. The molecule has 0 saturated heterocycles. The first-order valence-corrected chi connectivity index (χ1v) is 14.0. The zero-order valence-corrected chi connectivity index (χ0v) is 21.7. The summed E-state index contributed by atoms with van der Waals surface area (Å²) in [6.45, 7) is 2.28. The number of fused-ring (bicyclic) bond motifs is 2. The molecule has 1 aliphatic heterocycles. The molecule has 2 aromatic carbocycles. The van der Waals surface area contributed by atoms with Crippen LogP contribution in [0.5, 0.6) is 0 Å². The molecule has 0 bridgehead atoms. The Morgan fingerprint density at radius 3 is 2.06 bits per heavy atom. The van der Waals surface area contributed by atoms with Gasteiger partial charge in [-0.3, -0.25) is 9.78 Å². The summed E-state index contributed by atoms with van der Waals surface area (Å²) < 4.78 is 24.2. The van der Waals surface area contributed by atoms with Crippen molar-refractivity contribution >= 4 is 26.7 Å². The van der Waals surface area contributed by atoms with E-state index in [0.717, 1.165) is 6.42 Å². The smallest absolute Gasteiger partial charge is 0.266 e. The lowest BCUT2D eigenvalue weighted by molar-refractivity contribution is 0.0985. The maximum absolute atomic E-state index is 11.1. The fourth-order valence-electron chi connectivity index (χ4n) is 4.28. The second-order valence-electron chi connectivity index (χ2n) is 8.84. The fraction of sp³-hybridized carbons (Fsp3) is 0.429. The van der Waals surface area contributed by atoms with Crippen molar-refractivity contribution in [1.82, 2.24) is 15.9 Å². The Labute approximate surface area is 210 Å². The van der Waals surface area contributed by atoms with Crippen molar-refractivity contribution in [3.63, 3.8) is 0 Å². The lowest BCUT2D eigenvalue weighted by atomic mass is 10.0. The van der Waals surface area contributed by atoms with Gasteiger partial charge in [0.05, 0.1) is 5.56 Å². The molecule has 190 valence electrons. The average Bonchev–Trinajstić information content (AvgIpc) is 3.09. The first-order chi connectivity index (χ1) is 16.5. The summed E-state index contributed by atoms with van der Waals surface area (Å²) >= 11 is 0. The molecule has 0 fully saturated rings. The summed E-state index contributed by atoms with van der Waals surface area (Å²) in [6, 6.07) is 16.8. The zero-order chi connectivity index (χ0) is 24.2. The number of nitrogens with zero attached hydrogens (tertiary/aromatic N) is 1. The van der Waals surface area contributed by atoms with Crippen LogP contribution in [0.15, 0.2) is 65.7 Å². The van der Waals surface area contributed by atoms with Crippen LogP contribution in [-0.2, 0) is 16.4 Å². The summed E-state index contributed by atoms with van der Waals surface area (Å²) in [6.07, 6.45) is 17.0. The zero-order valence-electron chi connectivity index (χ0n) is 20.8. The van der Waals surface area contributed by atoms with Crippen molar-refractivity contribution in [2.75, 3.05) is 0 Å². The molecule has 0 atom stereocenters. The molecule has 1 aliphatic rings. The summed E-state index contributed by atoms with van der Waals surface area (Å²) in [4.78, 5) is 15.6. The number of nitrogens with one attached hydrogen (secondary N) is 1. The number of aromatic nitrogens is 1. The Hall–Kier alpha value is -2.77. The molecule has 6 nitrogen and oxygen atoms in total. The van der Waals surface area contributed by atoms with Gasteiger partial charge < -0.3 is 6.15 Å². The van der Waals surface area contributed by atoms with Gasteiger partial charge in [0.2, 0.25) is 0 Å². The molecular weight excluding hydrogens is 458 g/mol. The van der Waals surface area contributed by atoms with Crippen molar-refractivity contribution in [3.8, 4) is 0 Å². The highest BCUT2D eigenvalue weighted by Crippen LogP contribution is 2.21. The molecule has 1 amide bonds. The van der Waals surface area contributed by atoms with E-state index in [1.165, 1.54) is 92.8 Å². The van der Waals surface area contributed by atoms with Gasteiger partial charge in [-0.05, 0) is 36.4 Å². The molecule has 35 heavy (non-hydrogen) atoms. The molecule has 0 unspecified atom stereocenters. The Morgan fingerprint density at radius 2 is 1.37 bits per heavy atom. The second-order valence-corrected chi connectivity index (χ2v) is 10.5. The van der Waals surface area contributed by atoms with Gasteiger partial charge in [0.15, 0.2) is 0 Å². The van der Waals surface area contributed by atoms with Gasteiger partial charge in [-0.1, -0.05) is 101 Å². The van der Waals surface area contributed by atoms with Crippen LogP contribution in [0.3, 0.4) is 0 Å². The molecule has 4 rings (SSSR count). The third-order valence-electron chi connectivity index (χ3n) is 6.17. The van der Waals surface area contributed by atoms with Gasteiger partial charge in [-0.25, -0.2) is 13.1 Å². The largest absolute Gasteiger partial charge is 0.344 e. The summed E-state index contributed by atoms with van der Waals surface area (Å²) in [5.41, 5.74) is 1.50. The van der Waals surface area contributed by atoms with Crippen LogP contribution in [0.1, 0.15) is 87.2 Å². The topological polar surface area (TPSA) is 111 Å². The van der Waals surface area contributed by atoms with Crippen molar-refractivity contribution in [1.29, 1.82) is 0 Å². The van der Waals surface area contributed by atoms with Crippen LogP contribution >= 0.6 is 0 Å². The highest BCUT2D eigenvalue weighted by atomic mass is 32.2. The predicted octanol–water partition coefficient (Wildman–Crippen LogP) is 6.98. The fourth-order valence-corrected chi connectivity index (χ4v) is 5.45. The lowest BCUT2D eigenvalue weighted by Gasteiger charge is -2.05. The summed E-state index contributed by atoms with van der Waals surface area (Å²) in [5.74, 6) is -0.550. The number of carbonyl (C=O) groups is 1. The molecule has 3 aromatic rings. The Bertz CT molecular complexity index is 1170. The number of carbonyl (C=O) groups excluding carboxylic acids is 1. The third kappa shape index (κ3) is 8.44. The molecule has 0 radical (unpaired) electrons. The van der Waals surface area contributed by atoms with Crippen LogP contribution in [0.2, 0.25) is 0 Å². The SMILES string of the molecule is CCCCCCCCCCCCc1nccc2ccccc12.N.O=C1NS(=O)(=O)c2ccccc21. The molecule has 4 N–H and O–H groups in total. The van der Waals surface area contributed by atoms with Crippen molar-refractivity contribution in [2.24, 2.45) is 0 Å². The minimum absolute atomic E-state index is 0. The Morgan fingerprint density at radius 1 is 0.771 bits per heavy atom. The molecule has 0 spiro atoms. The highest BCUT2D eigenvalue weighted by molar-refractivity contribution is 7.90. The minimum Gasteiger partial charge on any atom is -0.344 e. The van der Waals surface area contributed by atoms with E-state index in [2.05, 4.69) is 42.2 Å². The van der Waals surface area contributed by atoms with E-state index in [0.29, 0.717) is 0 Å². The number of aryl methyl sites for hydroxylation is 1. The van der Waals surface area contributed by atoms with Crippen molar-refractivity contribution < 1.29 is 13.2 Å². The molecule has 2 heterocycles. The van der Waals surface area contributed by atoms with E-state index in [1.54, 1.807) is 12.1 Å². The lowest BCUT2D eigenvalue weighted by Crippen LogP contribution is -2.20. The highest BCUT2D eigenvalue weighted by Gasteiger charge is 2.31. The Balaban J connectivity index is 0.000000280. The van der Waals surface area contributed by atoms with Gasteiger partial charge >= 0.3 is 0 Å². The van der Waals surface area contributed by atoms with E-state index in [9.17, 15) is 13.2 Å². The molecule has 0 aliphatic carbocycles. The van der Waals surface area contributed by atoms with Crippen LogP contribution in [0, 0.1) is 0 Å². The number of hydrogen-bond acceptors (Lipinski definition) is 5. The maximum atomic E-state index is 11.1. The maximum Gasteiger partial charge on any atom is 0.266 e. The summed E-state index contributed by atoms with van der Waals surface area (Å²) in [7, 11) is -3.55. The number of sulfonamides is 1. The van der Waals surface area contributed by atoms with Gasteiger partial charge in [0, 0.05) is 17.3 Å². The second kappa shape index (κ2) is 14.6. The number of unbranched alkanes of at least 4 members (excludes halogenated alkanes) is 9. The van der Waals surface area contributed by atoms with Gasteiger partial charge in [0.1, 0.15) is 4.90 Å².